The van der Waals surface area contributed by atoms with E-state index in [1.165, 1.54) is 0 Å². The predicted octanol–water partition coefficient (Wildman–Crippen LogP) is 0.167. The molecule has 0 aliphatic heterocycles. The molecule has 0 saturated carbocycles. The van der Waals surface area contributed by atoms with Crippen LogP contribution in [0, 0.1) is 12.5 Å². The van der Waals surface area contributed by atoms with Gasteiger partial charge in [0.15, 0.2) is 0 Å². The number of hydrogen-bond donors (Lipinski definition) is 0. The fourth-order valence-electron chi connectivity index (χ4n) is 0.207. The molecule has 0 bridgehead atoms. The van der Waals surface area contributed by atoms with Crippen LogP contribution < -0.4 is 0 Å². The first-order chi connectivity index (χ1) is 3.31. The lowest BCUT2D eigenvalue weighted by atomic mass is 10.9. The molecule has 0 unspecified atom stereocenters. The molecule has 0 rings (SSSR count). The van der Waals surface area contributed by atoms with Gasteiger partial charge in [0.05, 0.1) is 6.34 Å². The maximum Gasteiger partial charge on any atom is 0.0959 e. The molecule has 0 amide bonds. The van der Waals surface area contributed by atoms with Gasteiger partial charge >= 0.3 is 0 Å². The van der Waals surface area contributed by atoms with E-state index in [9.17, 15) is 0 Å². The van der Waals surface area contributed by atoms with Crippen molar-refractivity contribution in [1.29, 1.82) is 0 Å². The summed E-state index contributed by atoms with van der Waals surface area (Å²) in [7, 11) is 3.43. The van der Waals surface area contributed by atoms with Gasteiger partial charge in [0.1, 0.15) is 0 Å². The van der Waals surface area contributed by atoms with Gasteiger partial charge in [0, 0.05) is 20.1 Å². The van der Waals surface area contributed by atoms with E-state index < -0.39 is 0 Å². The first kappa shape index (κ1) is 6.03. The van der Waals surface area contributed by atoms with Crippen LogP contribution in [0.4, 0.5) is 0 Å². The predicted molar refractivity (Wildman–Crippen MR) is 31.0 cm³/mol. The third-order valence-electron chi connectivity index (χ3n) is 0.492. The molecule has 2 nitrogen and oxygen atoms in total. The van der Waals surface area contributed by atoms with Crippen molar-refractivity contribution < 1.29 is 0 Å². The largest absolute Gasteiger partial charge is 0.295 e. The minimum atomic E-state index is 1.54. The van der Waals surface area contributed by atoms with Crippen LogP contribution in [0.2, 0.25) is 0 Å². The molecule has 0 fully saturated rings. The summed E-state index contributed by atoms with van der Waals surface area (Å²) in [5, 5.41) is 0. The first-order valence-electron chi connectivity index (χ1n) is 1.92. The molecule has 0 atom stereocenters. The van der Waals surface area contributed by atoms with Crippen molar-refractivity contribution in [2.75, 3.05) is 14.1 Å². The highest BCUT2D eigenvalue weighted by Gasteiger charge is 1.73. The van der Waals surface area contributed by atoms with Crippen LogP contribution in [0.15, 0.2) is 4.99 Å². The zero-order valence-corrected chi connectivity index (χ0v) is 4.55. The molecule has 0 heterocycles. The fourth-order valence-corrected chi connectivity index (χ4v) is 0.207. The van der Waals surface area contributed by atoms with Gasteiger partial charge in [-0.15, -0.1) is 0 Å². The molecule has 0 N–H and O–H groups in total. The summed E-state index contributed by atoms with van der Waals surface area (Å²) in [6, 6.07) is 2.35. The summed E-state index contributed by atoms with van der Waals surface area (Å²) in [5.41, 5.74) is 0. The Balaban J connectivity index is 3.42. The van der Waals surface area contributed by atoms with E-state index in [1.54, 1.807) is 25.3 Å². The van der Waals surface area contributed by atoms with Gasteiger partial charge in [-0.2, -0.15) is 0 Å². The molecule has 0 aliphatic rings. The van der Waals surface area contributed by atoms with E-state index in [1.807, 2.05) is 0 Å². The van der Waals surface area contributed by atoms with Gasteiger partial charge in [-0.3, -0.25) is 9.89 Å². The number of nitrogens with zero attached hydrogens (tertiary/aromatic N) is 2. The standard InChI is InChI=1S/C5H8N2/c1-4-7(3)5-6-2/h1,5H,2-3H3/b6-5-. The Bertz CT molecular complexity index is 99.1. The lowest BCUT2D eigenvalue weighted by molar-refractivity contribution is 0.750. The highest BCUT2D eigenvalue weighted by atomic mass is 15.1. The summed E-state index contributed by atoms with van der Waals surface area (Å²) >= 11 is 0. The van der Waals surface area contributed by atoms with E-state index in [-0.39, 0.29) is 0 Å². The summed E-state index contributed by atoms with van der Waals surface area (Å²) < 4.78 is 0. The van der Waals surface area contributed by atoms with Crippen molar-refractivity contribution in [3.8, 4) is 12.5 Å². The molecule has 38 valence electrons. The monoisotopic (exact) mass is 96.1 g/mol. The van der Waals surface area contributed by atoms with E-state index in [0.717, 1.165) is 0 Å². The fraction of sp³-hybridized carbons (Fsp3) is 0.400. The third-order valence-corrected chi connectivity index (χ3v) is 0.492. The second-order valence-corrected chi connectivity index (χ2v) is 1.11. The molecule has 0 aromatic rings. The Kier molecular flexibility index (Phi) is 2.78. The molecule has 2 heteroatoms. The molecule has 0 radical (unpaired) electrons. The van der Waals surface area contributed by atoms with Gasteiger partial charge in [0.2, 0.25) is 0 Å². The first-order valence-corrected chi connectivity index (χ1v) is 1.92. The minimum absolute atomic E-state index is 1.54. The zero-order chi connectivity index (χ0) is 5.70. The van der Waals surface area contributed by atoms with Gasteiger partial charge in [-0.05, 0) is 0 Å². The molecular weight excluding hydrogens is 88.1 g/mol. The second kappa shape index (κ2) is 3.23. The van der Waals surface area contributed by atoms with Crippen LogP contribution in [0.25, 0.3) is 0 Å². The van der Waals surface area contributed by atoms with Gasteiger partial charge < -0.3 is 0 Å². The Labute approximate surface area is 43.9 Å². The quantitative estimate of drug-likeness (QED) is 0.196. The maximum atomic E-state index is 4.94. The molecular formula is C5H8N2. The van der Waals surface area contributed by atoms with Crippen molar-refractivity contribution >= 4 is 6.34 Å². The molecule has 0 aromatic carbocycles. The van der Waals surface area contributed by atoms with Crippen LogP contribution in [-0.4, -0.2) is 25.3 Å². The van der Waals surface area contributed by atoms with Crippen LogP contribution in [0.3, 0.4) is 0 Å². The van der Waals surface area contributed by atoms with Crippen LogP contribution in [-0.2, 0) is 0 Å². The van der Waals surface area contributed by atoms with E-state index in [4.69, 9.17) is 6.42 Å². The van der Waals surface area contributed by atoms with Crippen LogP contribution in [0.5, 0.6) is 0 Å². The van der Waals surface area contributed by atoms with Crippen molar-refractivity contribution in [3.63, 3.8) is 0 Å². The lowest BCUT2D eigenvalue weighted by Gasteiger charge is -1.96. The normalized spacial score (nSPS) is 8.71. The average molecular weight is 96.1 g/mol. The zero-order valence-electron chi connectivity index (χ0n) is 4.55. The average Bonchev–Trinajstić information content (AvgIpc) is 1.68. The second-order valence-electron chi connectivity index (χ2n) is 1.11. The molecule has 0 saturated heterocycles. The summed E-state index contributed by atoms with van der Waals surface area (Å²) in [5.74, 6) is 0. The number of hydrogen-bond acceptors (Lipinski definition) is 1. The Morgan fingerprint density at radius 2 is 2.43 bits per heavy atom. The lowest BCUT2D eigenvalue weighted by Crippen LogP contribution is -2.06. The number of terminal acetylenes is 1. The highest BCUT2D eigenvalue weighted by molar-refractivity contribution is 5.56. The van der Waals surface area contributed by atoms with Gasteiger partial charge in [-0.1, -0.05) is 6.42 Å². The smallest absolute Gasteiger partial charge is 0.0959 e. The van der Waals surface area contributed by atoms with Gasteiger partial charge in [0.25, 0.3) is 0 Å². The molecule has 0 spiro atoms. The van der Waals surface area contributed by atoms with E-state index >= 15 is 0 Å². The molecule has 0 aliphatic carbocycles. The third kappa shape index (κ3) is 2.84. The Morgan fingerprint density at radius 3 is 2.57 bits per heavy atom. The Morgan fingerprint density at radius 1 is 1.86 bits per heavy atom. The molecule has 0 aromatic heterocycles. The summed E-state index contributed by atoms with van der Waals surface area (Å²) in [4.78, 5) is 5.21. The number of aliphatic imine (C=N–C) groups is 1. The van der Waals surface area contributed by atoms with Gasteiger partial charge in [-0.25, -0.2) is 0 Å². The Hall–Kier alpha value is -0.970. The number of rotatable bonds is 1. The van der Waals surface area contributed by atoms with Crippen molar-refractivity contribution in [2.45, 2.75) is 0 Å². The van der Waals surface area contributed by atoms with Crippen molar-refractivity contribution in [1.82, 2.24) is 4.90 Å². The van der Waals surface area contributed by atoms with Crippen LogP contribution >= 0.6 is 0 Å². The SMILES string of the molecule is C#CN(C)/C=N\C. The van der Waals surface area contributed by atoms with E-state index in [2.05, 4.69) is 11.0 Å². The highest BCUT2D eigenvalue weighted by Crippen LogP contribution is 1.65. The van der Waals surface area contributed by atoms with Crippen molar-refractivity contribution in [3.05, 3.63) is 0 Å². The van der Waals surface area contributed by atoms with Crippen LogP contribution in [0.1, 0.15) is 0 Å². The maximum absolute atomic E-state index is 4.94. The van der Waals surface area contributed by atoms with E-state index in [0.29, 0.717) is 0 Å². The molecule has 7 heavy (non-hydrogen) atoms. The summed E-state index contributed by atoms with van der Waals surface area (Å²) in [6.07, 6.45) is 6.51. The minimum Gasteiger partial charge on any atom is -0.295 e. The topological polar surface area (TPSA) is 15.6 Å². The summed E-state index contributed by atoms with van der Waals surface area (Å²) in [6.45, 7) is 0. The van der Waals surface area contributed by atoms with Crippen molar-refractivity contribution in [2.24, 2.45) is 4.99 Å².